The fraction of sp³-hybridized carbons (Fsp3) is 0.333. The summed E-state index contributed by atoms with van der Waals surface area (Å²) in [6.45, 7) is 4.31. The number of hydrogen-bond acceptors (Lipinski definition) is 12. The lowest BCUT2D eigenvalue weighted by atomic mass is 9.91. The van der Waals surface area contributed by atoms with Crippen molar-refractivity contribution in [2.45, 2.75) is 62.9 Å². The normalized spacial score (nSPS) is 22.2. The van der Waals surface area contributed by atoms with Gasteiger partial charge in [0, 0.05) is 72.9 Å². The lowest BCUT2D eigenvalue weighted by Crippen LogP contribution is -2.61. The summed E-state index contributed by atoms with van der Waals surface area (Å²) in [6.07, 6.45) is -0.551. The summed E-state index contributed by atoms with van der Waals surface area (Å²) in [5.74, 6) is -1.92. The van der Waals surface area contributed by atoms with Gasteiger partial charge in [0.25, 0.3) is 23.6 Å². The Morgan fingerprint density at radius 3 is 2.31 bits per heavy atom. The highest BCUT2D eigenvalue weighted by Gasteiger charge is 2.55. The minimum Gasteiger partial charge on any atom is -0.491 e. The molecule has 2 aromatic heterocycles. The third-order valence-electron chi connectivity index (χ3n) is 15.0. The van der Waals surface area contributed by atoms with Gasteiger partial charge in [-0.1, -0.05) is 42.5 Å². The SMILES string of the molecule is CO[C@@H]1[C@H](N(C)C(=O)c2ccc(OCCOCCOCCNc3cccc4c3C(=O)N(C3CCC(=O)NC3=O)C4=O)cc2)C[C@H]2O[C@]1(C)n1c3ccccc3c3c4c(c5c6ccccc6n2c5c31)C(=O)NC4. The first kappa shape index (κ1) is 45.5. The number of nitrogens with one attached hydrogen (secondary N) is 3. The predicted molar refractivity (Wildman–Crippen MR) is 264 cm³/mol. The number of ether oxygens (including phenoxy) is 5. The first-order valence-corrected chi connectivity index (χ1v) is 24.2. The van der Waals surface area contributed by atoms with Crippen LogP contribution in [-0.4, -0.2) is 126 Å². The third-order valence-corrected chi connectivity index (χ3v) is 15.0. The number of aromatic nitrogens is 2. The van der Waals surface area contributed by atoms with Gasteiger partial charge < -0.3 is 48.4 Å². The summed E-state index contributed by atoms with van der Waals surface area (Å²) in [4.78, 5) is 81.5. The number of nitrogens with zero attached hydrogens (tertiary/aromatic N) is 4. The van der Waals surface area contributed by atoms with Crippen molar-refractivity contribution in [1.29, 1.82) is 0 Å². The molecule has 0 radical (unpaired) electrons. The maximum absolute atomic E-state index is 14.5. The molecule has 5 atom stereocenters. The summed E-state index contributed by atoms with van der Waals surface area (Å²) in [5.41, 5.74) is 5.75. The molecule has 0 spiro atoms. The van der Waals surface area contributed by atoms with E-state index >= 15 is 0 Å². The summed E-state index contributed by atoms with van der Waals surface area (Å²) >= 11 is 0. The number of benzene rings is 5. The molecule has 2 bridgehead atoms. The van der Waals surface area contributed by atoms with Crippen LogP contribution in [0.4, 0.5) is 5.69 Å². The summed E-state index contributed by atoms with van der Waals surface area (Å²) in [5, 5.41) is 12.4. The Labute approximate surface area is 412 Å². The van der Waals surface area contributed by atoms with Crippen LogP contribution in [0.2, 0.25) is 0 Å². The molecule has 5 aromatic carbocycles. The smallest absolute Gasteiger partial charge is 0.264 e. The van der Waals surface area contributed by atoms with E-state index < -0.39 is 53.8 Å². The van der Waals surface area contributed by atoms with E-state index in [0.717, 1.165) is 54.1 Å². The van der Waals surface area contributed by atoms with Crippen LogP contribution in [0.25, 0.3) is 43.6 Å². The van der Waals surface area contributed by atoms with Crippen molar-refractivity contribution in [1.82, 2.24) is 29.6 Å². The average molecular weight is 974 g/mol. The van der Waals surface area contributed by atoms with Crippen molar-refractivity contribution in [2.75, 3.05) is 59.1 Å². The Hall–Kier alpha value is -7.64. The van der Waals surface area contributed by atoms with Gasteiger partial charge in [-0.05, 0) is 67.4 Å². The number of hydrogen-bond donors (Lipinski definition) is 3. The molecule has 0 aliphatic carbocycles. The number of anilines is 1. The summed E-state index contributed by atoms with van der Waals surface area (Å²) in [7, 11) is 3.49. The van der Waals surface area contributed by atoms with E-state index in [4.69, 9.17) is 23.7 Å². The minimum absolute atomic E-state index is 0.0473. The molecule has 2 fully saturated rings. The Bertz CT molecular complexity index is 3460. The standard InChI is InChI=1S/C54H51N7O11/c1-54-48(68-3)39(27-41(72-54)59-36-13-6-4-9-31(36)44-45-34(28-56-50(45)64)42-32-10-5-7-14-37(32)61(54)47(42)46(44)59)58(2)51(65)29-15-17-30(18-16-29)71-26-25-70-24-23-69-22-21-55-35-12-8-11-33-43(35)53(67)60(52(33)66)38-19-20-40(62)57-49(38)63/h4-18,38-39,41,48,55H,19-28H2,1-3H3,(H,56,64)(H,57,62,63)/t38?,39-,41-,48-,54+/m1/s1. The van der Waals surface area contributed by atoms with Crippen molar-refractivity contribution < 1.29 is 52.5 Å². The molecule has 12 rings (SSSR count). The van der Waals surface area contributed by atoms with Crippen LogP contribution in [0, 0.1) is 0 Å². The molecule has 7 aromatic rings. The van der Waals surface area contributed by atoms with Gasteiger partial charge in [0.2, 0.25) is 11.8 Å². The van der Waals surface area contributed by atoms with Crippen molar-refractivity contribution in [3.63, 3.8) is 0 Å². The fourth-order valence-electron chi connectivity index (χ4n) is 11.9. The van der Waals surface area contributed by atoms with Gasteiger partial charge >= 0.3 is 0 Å². The number of methoxy groups -OCH3 is 1. The maximum atomic E-state index is 14.5. The highest BCUT2D eigenvalue weighted by Crippen LogP contribution is 2.54. The molecule has 5 aliphatic heterocycles. The summed E-state index contributed by atoms with van der Waals surface area (Å²) in [6, 6.07) is 26.9. The fourth-order valence-corrected chi connectivity index (χ4v) is 11.9. The molecule has 18 heteroatoms. The minimum atomic E-state index is -1.08. The second-order valence-corrected chi connectivity index (χ2v) is 18.9. The van der Waals surface area contributed by atoms with Crippen LogP contribution in [0.15, 0.2) is 91.0 Å². The Balaban J connectivity index is 0.672. The molecule has 368 valence electrons. The molecule has 5 aliphatic rings. The highest BCUT2D eigenvalue weighted by atomic mass is 16.6. The van der Waals surface area contributed by atoms with E-state index in [1.807, 2.05) is 31.3 Å². The zero-order valence-electron chi connectivity index (χ0n) is 39.8. The summed E-state index contributed by atoms with van der Waals surface area (Å²) < 4.78 is 35.7. The van der Waals surface area contributed by atoms with Crippen molar-refractivity contribution in [3.05, 3.63) is 119 Å². The number of fused-ring (bicyclic) bond motifs is 14. The molecule has 2 saturated heterocycles. The second kappa shape index (κ2) is 17.6. The molecule has 72 heavy (non-hydrogen) atoms. The number of para-hydroxylation sites is 2. The Morgan fingerprint density at radius 1 is 0.819 bits per heavy atom. The number of likely N-dealkylation sites (N-methyl/N-ethyl adjacent to an activating group) is 1. The topological polar surface area (TPSA) is 201 Å². The van der Waals surface area contributed by atoms with Gasteiger partial charge in [0.05, 0.1) is 71.2 Å². The van der Waals surface area contributed by atoms with Crippen LogP contribution >= 0.6 is 0 Å². The number of amides is 6. The van der Waals surface area contributed by atoms with Crippen LogP contribution in [0.5, 0.6) is 5.75 Å². The molecule has 6 amide bonds. The van der Waals surface area contributed by atoms with Gasteiger partial charge in [-0.25, -0.2) is 0 Å². The van der Waals surface area contributed by atoms with E-state index in [-0.39, 0.29) is 42.4 Å². The number of piperidine rings is 1. The van der Waals surface area contributed by atoms with Gasteiger partial charge in [0.15, 0.2) is 5.72 Å². The van der Waals surface area contributed by atoms with Crippen LogP contribution in [-0.2, 0) is 40.8 Å². The number of imide groups is 2. The van der Waals surface area contributed by atoms with E-state index in [9.17, 15) is 28.8 Å². The van der Waals surface area contributed by atoms with Crippen molar-refractivity contribution in [3.8, 4) is 5.75 Å². The number of carbonyl (C=O) groups excluding carboxylic acids is 6. The largest absolute Gasteiger partial charge is 0.491 e. The highest BCUT2D eigenvalue weighted by molar-refractivity contribution is 6.31. The van der Waals surface area contributed by atoms with Gasteiger partial charge in [-0.3, -0.25) is 39.0 Å². The first-order chi connectivity index (χ1) is 35.0. The van der Waals surface area contributed by atoms with E-state index in [1.165, 1.54) is 0 Å². The molecule has 7 heterocycles. The quantitative estimate of drug-likeness (QED) is 0.0822. The second-order valence-electron chi connectivity index (χ2n) is 18.9. The third kappa shape index (κ3) is 6.91. The van der Waals surface area contributed by atoms with Crippen molar-refractivity contribution in [2.24, 2.45) is 0 Å². The molecular formula is C54H51N7O11. The predicted octanol–water partition coefficient (Wildman–Crippen LogP) is 5.83. The molecule has 18 nitrogen and oxygen atoms in total. The van der Waals surface area contributed by atoms with E-state index in [2.05, 4.69) is 56.3 Å². The lowest BCUT2D eigenvalue weighted by Gasteiger charge is -2.50. The van der Waals surface area contributed by atoms with E-state index in [0.29, 0.717) is 68.5 Å². The van der Waals surface area contributed by atoms with Crippen LogP contribution < -0.4 is 20.7 Å². The Kier molecular flexibility index (Phi) is 11.1. The Morgan fingerprint density at radius 2 is 1.54 bits per heavy atom. The number of carbonyl (C=O) groups is 6. The number of rotatable bonds is 15. The zero-order valence-corrected chi connectivity index (χ0v) is 39.8. The molecule has 3 N–H and O–H groups in total. The van der Waals surface area contributed by atoms with Gasteiger partial charge in [0.1, 0.15) is 30.7 Å². The average Bonchev–Trinajstić information content (AvgIpc) is 4.10. The van der Waals surface area contributed by atoms with E-state index in [1.54, 1.807) is 54.5 Å². The lowest BCUT2D eigenvalue weighted by molar-refractivity contribution is -0.264. The van der Waals surface area contributed by atoms with Gasteiger partial charge in [-0.2, -0.15) is 0 Å². The van der Waals surface area contributed by atoms with Crippen LogP contribution in [0.3, 0.4) is 0 Å². The first-order valence-electron chi connectivity index (χ1n) is 24.2. The monoisotopic (exact) mass is 973 g/mol. The van der Waals surface area contributed by atoms with Gasteiger partial charge in [-0.15, -0.1) is 0 Å². The van der Waals surface area contributed by atoms with Crippen molar-refractivity contribution >= 4 is 84.7 Å². The molecule has 1 unspecified atom stereocenters. The zero-order chi connectivity index (χ0) is 49.6. The van der Waals surface area contributed by atoms with Crippen LogP contribution in [0.1, 0.15) is 79.4 Å². The molecular weight excluding hydrogens is 923 g/mol. The maximum Gasteiger partial charge on any atom is 0.264 e. The molecule has 0 saturated carbocycles.